The molecule has 0 fully saturated rings. The third-order valence-electron chi connectivity index (χ3n) is 2.89. The summed E-state index contributed by atoms with van der Waals surface area (Å²) in [4.78, 5) is 27.5. The number of nitrogens with two attached hydrogens (primary N) is 1. The van der Waals surface area contributed by atoms with Crippen molar-refractivity contribution in [1.29, 1.82) is 0 Å². The van der Waals surface area contributed by atoms with Gasteiger partial charge in [-0.15, -0.1) is 0 Å². The van der Waals surface area contributed by atoms with Crippen LogP contribution in [-0.2, 0) is 17.8 Å². The van der Waals surface area contributed by atoms with Gasteiger partial charge in [0.15, 0.2) is 0 Å². The lowest BCUT2D eigenvalue weighted by Crippen LogP contribution is -2.28. The molecule has 2 amide bonds. The Balaban J connectivity index is 2.18. The van der Waals surface area contributed by atoms with Gasteiger partial charge in [-0.25, -0.2) is 4.79 Å². The van der Waals surface area contributed by atoms with Crippen molar-refractivity contribution in [2.45, 2.75) is 13.0 Å². The lowest BCUT2D eigenvalue weighted by Gasteiger charge is -2.19. The third kappa shape index (κ3) is 4.04. The van der Waals surface area contributed by atoms with Crippen LogP contribution >= 0.6 is 0 Å². The molecule has 0 atom stereocenters. The van der Waals surface area contributed by atoms with Crippen LogP contribution < -0.4 is 10.6 Å². The highest BCUT2D eigenvalue weighted by Crippen LogP contribution is 2.17. The molecule has 6 heteroatoms. The highest BCUT2D eigenvalue weighted by atomic mass is 16.4. The Labute approximate surface area is 121 Å². The molecule has 108 valence electrons. The lowest BCUT2D eigenvalue weighted by molar-refractivity contribution is -0.117. The van der Waals surface area contributed by atoms with Crippen molar-refractivity contribution >= 4 is 17.7 Å². The molecule has 0 aliphatic carbocycles. The zero-order chi connectivity index (χ0) is 15.2. The number of hydrogen-bond acceptors (Lipinski definition) is 3. The smallest absolute Gasteiger partial charge is 0.412 e. The van der Waals surface area contributed by atoms with E-state index in [4.69, 9.17) is 5.73 Å². The summed E-state index contributed by atoms with van der Waals surface area (Å²) in [5.74, 6) is -0.477. The monoisotopic (exact) mass is 285 g/mol. The molecule has 21 heavy (non-hydrogen) atoms. The van der Waals surface area contributed by atoms with E-state index in [9.17, 15) is 14.7 Å². The van der Waals surface area contributed by atoms with Crippen LogP contribution in [0.25, 0.3) is 0 Å². The van der Waals surface area contributed by atoms with E-state index in [-0.39, 0.29) is 13.0 Å². The van der Waals surface area contributed by atoms with Gasteiger partial charge < -0.3 is 10.8 Å². The average Bonchev–Trinajstić information content (AvgIpc) is 2.46. The van der Waals surface area contributed by atoms with Crippen LogP contribution in [0.4, 0.5) is 10.5 Å². The van der Waals surface area contributed by atoms with Crippen molar-refractivity contribution in [3.63, 3.8) is 0 Å². The number of carbonyl (C=O) groups excluding carboxylic acids is 1. The molecule has 0 aliphatic heterocycles. The molecule has 0 bridgehead atoms. The van der Waals surface area contributed by atoms with E-state index in [2.05, 4.69) is 4.98 Å². The van der Waals surface area contributed by atoms with E-state index < -0.39 is 12.0 Å². The third-order valence-corrected chi connectivity index (χ3v) is 2.89. The molecule has 2 aromatic rings. The minimum absolute atomic E-state index is 0.0338. The quantitative estimate of drug-likeness (QED) is 0.875. The summed E-state index contributed by atoms with van der Waals surface area (Å²) in [6, 6.07) is 12.5. The van der Waals surface area contributed by atoms with Crippen LogP contribution in [0, 0.1) is 0 Å². The summed E-state index contributed by atoms with van der Waals surface area (Å²) >= 11 is 0. The van der Waals surface area contributed by atoms with Crippen LogP contribution in [0.2, 0.25) is 0 Å². The molecule has 1 heterocycles. The Morgan fingerprint density at radius 3 is 2.38 bits per heavy atom. The summed E-state index contributed by atoms with van der Waals surface area (Å²) in [7, 11) is 0. The zero-order valence-electron chi connectivity index (χ0n) is 11.3. The molecule has 0 radical (unpaired) electrons. The molecule has 6 nitrogen and oxygen atoms in total. The number of aromatic nitrogens is 1. The zero-order valence-corrected chi connectivity index (χ0v) is 11.3. The molecule has 3 N–H and O–H groups in total. The van der Waals surface area contributed by atoms with E-state index in [1.807, 2.05) is 30.3 Å². The molecule has 0 aliphatic rings. The predicted octanol–water partition coefficient (Wildman–Crippen LogP) is 1.79. The van der Waals surface area contributed by atoms with Gasteiger partial charge in [-0.3, -0.25) is 14.7 Å². The number of nitrogens with zero attached hydrogens (tertiary/aromatic N) is 2. The average molecular weight is 285 g/mol. The van der Waals surface area contributed by atoms with Crippen LogP contribution in [0.3, 0.4) is 0 Å². The van der Waals surface area contributed by atoms with Crippen LogP contribution in [0.15, 0.2) is 48.7 Å². The van der Waals surface area contributed by atoms with Crippen molar-refractivity contribution in [2.24, 2.45) is 5.73 Å². The van der Waals surface area contributed by atoms with Crippen molar-refractivity contribution in [2.75, 3.05) is 4.90 Å². The van der Waals surface area contributed by atoms with Gasteiger partial charge in [0, 0.05) is 5.69 Å². The Morgan fingerprint density at radius 2 is 1.86 bits per heavy atom. The highest BCUT2D eigenvalue weighted by molar-refractivity contribution is 5.85. The maximum absolute atomic E-state index is 11.4. The van der Waals surface area contributed by atoms with Crippen molar-refractivity contribution in [1.82, 2.24) is 4.98 Å². The van der Waals surface area contributed by atoms with Crippen LogP contribution in [-0.4, -0.2) is 22.1 Å². The van der Waals surface area contributed by atoms with E-state index in [1.54, 1.807) is 12.1 Å². The largest absolute Gasteiger partial charge is 0.465 e. The Kier molecular flexibility index (Phi) is 4.50. The minimum Gasteiger partial charge on any atom is -0.465 e. The first-order valence-corrected chi connectivity index (χ1v) is 6.34. The van der Waals surface area contributed by atoms with E-state index in [0.717, 1.165) is 5.56 Å². The van der Waals surface area contributed by atoms with Crippen molar-refractivity contribution in [3.8, 4) is 0 Å². The number of carboxylic acid groups (broad SMARTS) is 1. The second-order valence-corrected chi connectivity index (χ2v) is 4.51. The molecule has 0 spiro atoms. The van der Waals surface area contributed by atoms with Gasteiger partial charge in [0.1, 0.15) is 0 Å². The van der Waals surface area contributed by atoms with E-state index >= 15 is 0 Å². The molecule has 0 saturated heterocycles. The van der Waals surface area contributed by atoms with E-state index in [0.29, 0.717) is 11.4 Å². The molecule has 1 aromatic carbocycles. The van der Waals surface area contributed by atoms with Gasteiger partial charge in [-0.05, 0) is 17.7 Å². The van der Waals surface area contributed by atoms with Crippen molar-refractivity contribution < 1.29 is 14.7 Å². The van der Waals surface area contributed by atoms with Gasteiger partial charge in [-0.2, -0.15) is 0 Å². The maximum atomic E-state index is 11.4. The van der Waals surface area contributed by atoms with Crippen LogP contribution in [0.5, 0.6) is 0 Å². The predicted molar refractivity (Wildman–Crippen MR) is 77.8 cm³/mol. The van der Waals surface area contributed by atoms with Gasteiger partial charge in [-0.1, -0.05) is 30.3 Å². The number of rotatable bonds is 5. The van der Waals surface area contributed by atoms with Gasteiger partial charge in [0.25, 0.3) is 0 Å². The SMILES string of the molecule is NC(=O)Cc1ccc(N(Cc2ccccc2)C(=O)O)cn1. The topological polar surface area (TPSA) is 96.5 Å². The number of benzene rings is 1. The molecule has 1 aromatic heterocycles. The number of hydrogen-bond donors (Lipinski definition) is 2. The minimum atomic E-state index is -1.07. The van der Waals surface area contributed by atoms with Crippen molar-refractivity contribution in [3.05, 3.63) is 59.9 Å². The fourth-order valence-electron chi connectivity index (χ4n) is 1.89. The van der Waals surface area contributed by atoms with Gasteiger partial charge in [0.2, 0.25) is 5.91 Å². The van der Waals surface area contributed by atoms with Gasteiger partial charge >= 0.3 is 6.09 Å². The summed E-state index contributed by atoms with van der Waals surface area (Å²) < 4.78 is 0. The summed E-state index contributed by atoms with van der Waals surface area (Å²) in [5, 5.41) is 9.33. The Bertz CT molecular complexity index is 626. The fraction of sp³-hybridized carbons (Fsp3) is 0.133. The standard InChI is InChI=1S/C15H15N3O3/c16-14(19)8-12-6-7-13(9-17-12)18(15(20)21)10-11-4-2-1-3-5-11/h1-7,9H,8,10H2,(H2,16,19)(H,20,21). The number of carbonyl (C=O) groups is 2. The van der Waals surface area contributed by atoms with Gasteiger partial charge in [0.05, 0.1) is 24.8 Å². The number of pyridine rings is 1. The second-order valence-electron chi connectivity index (χ2n) is 4.51. The first-order valence-electron chi connectivity index (χ1n) is 6.34. The summed E-state index contributed by atoms with van der Waals surface area (Å²) in [6.07, 6.45) is 0.393. The van der Waals surface area contributed by atoms with E-state index in [1.165, 1.54) is 11.1 Å². The lowest BCUT2D eigenvalue weighted by atomic mass is 10.2. The normalized spacial score (nSPS) is 10.1. The summed E-state index contributed by atoms with van der Waals surface area (Å²) in [5.41, 5.74) is 6.92. The molecule has 0 unspecified atom stereocenters. The number of primary amides is 1. The molecule has 0 saturated carbocycles. The molecule has 2 rings (SSSR count). The second kappa shape index (κ2) is 6.51. The first kappa shape index (κ1) is 14.5. The maximum Gasteiger partial charge on any atom is 0.412 e. The molecular weight excluding hydrogens is 270 g/mol. The molecular formula is C15H15N3O3. The Hall–Kier alpha value is -2.89. The fourth-order valence-corrected chi connectivity index (χ4v) is 1.89. The Morgan fingerprint density at radius 1 is 1.14 bits per heavy atom. The number of anilines is 1. The highest BCUT2D eigenvalue weighted by Gasteiger charge is 2.15. The number of amides is 2. The summed E-state index contributed by atoms with van der Waals surface area (Å²) in [6.45, 7) is 0.229. The first-order chi connectivity index (χ1) is 10.1. The van der Waals surface area contributed by atoms with Crippen LogP contribution in [0.1, 0.15) is 11.3 Å².